The number of Topliss-reactive ketones (excluding diaryl/α,β-unsaturated/α-hetero) is 1. The van der Waals surface area contributed by atoms with Gasteiger partial charge in [-0.25, -0.2) is 4.98 Å². The molecule has 2 rings (SSSR count). The van der Waals surface area contributed by atoms with Gasteiger partial charge in [-0.1, -0.05) is 0 Å². The van der Waals surface area contributed by atoms with Crippen molar-refractivity contribution in [2.75, 3.05) is 0 Å². The normalized spacial score (nSPS) is 10.4. The smallest absolute Gasteiger partial charge is 0.161 e. The molecule has 0 aliphatic heterocycles. The van der Waals surface area contributed by atoms with E-state index in [9.17, 15) is 4.79 Å². The molecule has 0 aliphatic carbocycles. The van der Waals surface area contributed by atoms with Gasteiger partial charge in [0, 0.05) is 17.5 Å². The lowest BCUT2D eigenvalue weighted by molar-refractivity contribution is 0.101. The van der Waals surface area contributed by atoms with Gasteiger partial charge in [0.1, 0.15) is 0 Å². The highest BCUT2D eigenvalue weighted by Gasteiger charge is 2.06. The molecule has 0 unspecified atom stereocenters. The number of carbonyl (C=O) groups excluding carboxylic acids is 1. The quantitative estimate of drug-likeness (QED) is 0.721. The molecule has 0 amide bonds. The highest BCUT2D eigenvalue weighted by Crippen LogP contribution is 2.14. The Morgan fingerprint density at radius 3 is 2.62 bits per heavy atom. The Morgan fingerprint density at radius 1 is 1.31 bits per heavy atom. The molecule has 4 heteroatoms. The summed E-state index contributed by atoms with van der Waals surface area (Å²) in [5, 5.41) is 0. The number of rotatable bonds is 2. The number of ketones is 1. The average Bonchev–Trinajstić information content (AvgIpc) is 2.60. The molecule has 0 aliphatic rings. The van der Waals surface area contributed by atoms with Crippen molar-refractivity contribution in [1.82, 2.24) is 14.5 Å². The molecule has 2 aromatic rings. The second-order valence-corrected chi connectivity index (χ2v) is 3.77. The molecule has 0 aromatic carbocycles. The third kappa shape index (κ3) is 1.74. The van der Waals surface area contributed by atoms with Gasteiger partial charge in [-0.15, -0.1) is 0 Å². The molecule has 2 aromatic heterocycles. The van der Waals surface area contributed by atoms with Crippen LogP contribution in [0.2, 0.25) is 0 Å². The van der Waals surface area contributed by atoms with Crippen molar-refractivity contribution in [3.8, 4) is 5.69 Å². The molecule has 0 spiro atoms. The predicted molar refractivity (Wildman–Crippen MR) is 60.8 cm³/mol. The fourth-order valence-electron chi connectivity index (χ4n) is 1.51. The molecule has 2 heterocycles. The molecule has 0 fully saturated rings. The molecule has 0 radical (unpaired) electrons. The fourth-order valence-corrected chi connectivity index (χ4v) is 1.51. The van der Waals surface area contributed by atoms with Crippen LogP contribution in [0.3, 0.4) is 0 Å². The van der Waals surface area contributed by atoms with Gasteiger partial charge in [-0.3, -0.25) is 9.78 Å². The van der Waals surface area contributed by atoms with E-state index in [4.69, 9.17) is 0 Å². The maximum absolute atomic E-state index is 11.3. The molecule has 82 valence electrons. The minimum Gasteiger partial charge on any atom is -0.302 e. The van der Waals surface area contributed by atoms with E-state index < -0.39 is 0 Å². The first-order valence-corrected chi connectivity index (χ1v) is 5.06. The predicted octanol–water partition coefficient (Wildman–Crippen LogP) is 2.09. The summed E-state index contributed by atoms with van der Waals surface area (Å²) >= 11 is 0. The number of pyridine rings is 1. The van der Waals surface area contributed by atoms with Crippen LogP contribution >= 0.6 is 0 Å². The van der Waals surface area contributed by atoms with Crippen LogP contribution in [0.25, 0.3) is 5.69 Å². The third-order valence-corrected chi connectivity index (χ3v) is 2.66. The van der Waals surface area contributed by atoms with Crippen molar-refractivity contribution in [3.05, 3.63) is 41.7 Å². The number of carbonyl (C=O) groups is 1. The lowest BCUT2D eigenvalue weighted by Crippen LogP contribution is -2.00. The van der Waals surface area contributed by atoms with E-state index >= 15 is 0 Å². The van der Waals surface area contributed by atoms with Gasteiger partial charge in [0.2, 0.25) is 0 Å². The summed E-state index contributed by atoms with van der Waals surface area (Å²) in [4.78, 5) is 19.5. The Labute approximate surface area is 94.0 Å². The van der Waals surface area contributed by atoms with Crippen LogP contribution in [0.4, 0.5) is 0 Å². The first-order valence-electron chi connectivity index (χ1n) is 5.06. The zero-order valence-corrected chi connectivity index (χ0v) is 9.56. The number of aromatic nitrogens is 3. The molecule has 0 saturated carbocycles. The van der Waals surface area contributed by atoms with Gasteiger partial charge in [0.15, 0.2) is 5.78 Å². The minimum atomic E-state index is 0.0174. The van der Waals surface area contributed by atoms with Gasteiger partial charge < -0.3 is 4.57 Å². The molecule has 0 saturated heterocycles. The van der Waals surface area contributed by atoms with Crippen molar-refractivity contribution in [1.29, 1.82) is 0 Å². The number of nitrogens with zero attached hydrogens (tertiary/aromatic N) is 3. The standard InChI is InChI=1S/C12H13N3O/c1-8-9(2)15(7-14-8)12-4-11(10(3)16)5-13-6-12/h4-7H,1-3H3. The Hall–Kier alpha value is -1.97. The monoisotopic (exact) mass is 215 g/mol. The zero-order chi connectivity index (χ0) is 11.7. The molecule has 4 nitrogen and oxygen atoms in total. The van der Waals surface area contributed by atoms with E-state index in [0.717, 1.165) is 17.1 Å². The summed E-state index contributed by atoms with van der Waals surface area (Å²) in [7, 11) is 0. The van der Waals surface area contributed by atoms with E-state index in [1.807, 2.05) is 24.5 Å². The van der Waals surface area contributed by atoms with E-state index in [2.05, 4.69) is 9.97 Å². The molecular weight excluding hydrogens is 202 g/mol. The van der Waals surface area contributed by atoms with Crippen LogP contribution in [-0.4, -0.2) is 20.3 Å². The summed E-state index contributed by atoms with van der Waals surface area (Å²) in [6.07, 6.45) is 5.04. The Balaban J connectivity index is 2.52. The molecule has 0 bridgehead atoms. The maximum Gasteiger partial charge on any atom is 0.161 e. The van der Waals surface area contributed by atoms with E-state index in [-0.39, 0.29) is 5.78 Å². The Morgan fingerprint density at radius 2 is 2.06 bits per heavy atom. The van der Waals surface area contributed by atoms with Crippen LogP contribution in [0, 0.1) is 13.8 Å². The SMILES string of the molecule is CC(=O)c1cncc(-n2cnc(C)c2C)c1. The Kier molecular flexibility index (Phi) is 2.56. The van der Waals surface area contributed by atoms with Crippen LogP contribution in [0.5, 0.6) is 0 Å². The van der Waals surface area contributed by atoms with Crippen LogP contribution in [0.15, 0.2) is 24.8 Å². The van der Waals surface area contributed by atoms with Gasteiger partial charge >= 0.3 is 0 Å². The first kappa shape index (κ1) is 10.5. The molecule has 0 atom stereocenters. The summed E-state index contributed by atoms with van der Waals surface area (Å²) in [5.41, 5.74) is 3.52. The summed E-state index contributed by atoms with van der Waals surface area (Å²) < 4.78 is 1.93. The second-order valence-electron chi connectivity index (χ2n) is 3.77. The van der Waals surface area contributed by atoms with Crippen molar-refractivity contribution >= 4 is 5.78 Å². The highest BCUT2D eigenvalue weighted by molar-refractivity contribution is 5.94. The number of aryl methyl sites for hydroxylation is 1. The summed E-state index contributed by atoms with van der Waals surface area (Å²) in [6.45, 7) is 5.48. The van der Waals surface area contributed by atoms with Gasteiger partial charge in [0.25, 0.3) is 0 Å². The van der Waals surface area contributed by atoms with Crippen LogP contribution in [0.1, 0.15) is 28.7 Å². The largest absolute Gasteiger partial charge is 0.302 e. The zero-order valence-electron chi connectivity index (χ0n) is 9.56. The van der Waals surface area contributed by atoms with Crippen molar-refractivity contribution in [2.45, 2.75) is 20.8 Å². The van der Waals surface area contributed by atoms with Crippen LogP contribution < -0.4 is 0 Å². The third-order valence-electron chi connectivity index (χ3n) is 2.66. The van der Waals surface area contributed by atoms with E-state index in [1.54, 1.807) is 18.7 Å². The topological polar surface area (TPSA) is 47.8 Å². The highest BCUT2D eigenvalue weighted by atomic mass is 16.1. The van der Waals surface area contributed by atoms with Gasteiger partial charge in [-0.2, -0.15) is 0 Å². The molecule has 16 heavy (non-hydrogen) atoms. The fraction of sp³-hybridized carbons (Fsp3) is 0.250. The first-order chi connectivity index (χ1) is 7.59. The number of hydrogen-bond donors (Lipinski definition) is 0. The lowest BCUT2D eigenvalue weighted by atomic mass is 10.2. The molecular formula is C12H13N3O. The van der Waals surface area contributed by atoms with Crippen molar-refractivity contribution in [2.24, 2.45) is 0 Å². The Bertz CT molecular complexity index is 543. The average molecular weight is 215 g/mol. The van der Waals surface area contributed by atoms with E-state index in [1.165, 1.54) is 6.92 Å². The number of imidazole rings is 1. The number of hydrogen-bond acceptors (Lipinski definition) is 3. The van der Waals surface area contributed by atoms with Crippen LogP contribution in [-0.2, 0) is 0 Å². The van der Waals surface area contributed by atoms with Crippen molar-refractivity contribution < 1.29 is 4.79 Å². The summed E-state index contributed by atoms with van der Waals surface area (Å²) in [6, 6.07) is 1.82. The summed E-state index contributed by atoms with van der Waals surface area (Å²) in [5.74, 6) is 0.0174. The van der Waals surface area contributed by atoms with E-state index in [0.29, 0.717) is 5.56 Å². The van der Waals surface area contributed by atoms with Gasteiger partial charge in [-0.05, 0) is 26.8 Å². The van der Waals surface area contributed by atoms with Gasteiger partial charge in [0.05, 0.1) is 23.9 Å². The maximum atomic E-state index is 11.3. The van der Waals surface area contributed by atoms with Crippen molar-refractivity contribution in [3.63, 3.8) is 0 Å². The minimum absolute atomic E-state index is 0.0174. The molecule has 0 N–H and O–H groups in total. The lowest BCUT2D eigenvalue weighted by Gasteiger charge is -2.05. The second kappa shape index (κ2) is 3.89.